The number of nitrogens with two attached hydrogens (primary N) is 1. The molecule has 0 aliphatic carbocycles. The predicted octanol–water partition coefficient (Wildman–Crippen LogP) is 2.43. The standard InChI is InChI=1S/C19H21N3O3/c20-19(24)22-16(13-6-2-1-3-7-13)12-18(23)21-15-10-11-25-17-9-5-4-8-14(15)17/h1-9,15-16H,10-12H2,(H,21,23)(H3,20,22,24). The summed E-state index contributed by atoms with van der Waals surface area (Å²) in [5, 5.41) is 5.67. The Kier molecular flexibility index (Phi) is 5.18. The van der Waals surface area contributed by atoms with Crippen molar-refractivity contribution < 1.29 is 14.3 Å². The highest BCUT2D eigenvalue weighted by Gasteiger charge is 2.24. The molecule has 0 spiro atoms. The van der Waals surface area contributed by atoms with Crippen molar-refractivity contribution in [2.75, 3.05) is 6.61 Å². The Hall–Kier alpha value is -3.02. The highest BCUT2D eigenvalue weighted by atomic mass is 16.5. The van der Waals surface area contributed by atoms with Gasteiger partial charge in [0.2, 0.25) is 5.91 Å². The highest BCUT2D eigenvalue weighted by molar-refractivity contribution is 5.79. The summed E-state index contributed by atoms with van der Waals surface area (Å²) in [6.07, 6.45) is 0.828. The van der Waals surface area contributed by atoms with Crippen LogP contribution in [0, 0.1) is 0 Å². The molecular formula is C19H21N3O3. The second-order valence-electron chi connectivity index (χ2n) is 5.97. The molecule has 3 rings (SSSR count). The lowest BCUT2D eigenvalue weighted by Crippen LogP contribution is -2.38. The number of primary amides is 1. The van der Waals surface area contributed by atoms with E-state index in [4.69, 9.17) is 10.5 Å². The van der Waals surface area contributed by atoms with Crippen LogP contribution < -0.4 is 21.1 Å². The molecule has 0 bridgehead atoms. The fourth-order valence-electron chi connectivity index (χ4n) is 3.04. The van der Waals surface area contributed by atoms with Crippen molar-refractivity contribution in [3.63, 3.8) is 0 Å². The smallest absolute Gasteiger partial charge is 0.312 e. The molecule has 2 aromatic carbocycles. The molecular weight excluding hydrogens is 318 g/mol. The van der Waals surface area contributed by atoms with Crippen LogP contribution in [0.25, 0.3) is 0 Å². The molecule has 0 saturated carbocycles. The molecule has 1 aliphatic heterocycles. The van der Waals surface area contributed by atoms with Gasteiger partial charge in [0, 0.05) is 12.0 Å². The van der Waals surface area contributed by atoms with E-state index in [9.17, 15) is 9.59 Å². The minimum Gasteiger partial charge on any atom is -0.493 e. The molecule has 2 aromatic rings. The Labute approximate surface area is 146 Å². The summed E-state index contributed by atoms with van der Waals surface area (Å²) in [6, 6.07) is 15.8. The van der Waals surface area contributed by atoms with Crippen LogP contribution in [0.1, 0.15) is 36.1 Å². The van der Waals surface area contributed by atoms with Crippen LogP contribution in [0.15, 0.2) is 54.6 Å². The quantitative estimate of drug-likeness (QED) is 0.781. The second kappa shape index (κ2) is 7.70. The molecule has 4 N–H and O–H groups in total. The minimum absolute atomic E-state index is 0.0950. The summed E-state index contributed by atoms with van der Waals surface area (Å²) in [6.45, 7) is 0.559. The number of fused-ring (bicyclic) bond motifs is 1. The molecule has 0 radical (unpaired) electrons. The maximum absolute atomic E-state index is 12.5. The SMILES string of the molecule is NC(=O)NC(CC(=O)NC1CCOc2ccccc21)c1ccccc1. The molecule has 0 aromatic heterocycles. The van der Waals surface area contributed by atoms with Crippen LogP contribution in [0.4, 0.5) is 4.79 Å². The zero-order valence-electron chi connectivity index (χ0n) is 13.8. The van der Waals surface area contributed by atoms with Crippen molar-refractivity contribution in [1.29, 1.82) is 0 Å². The molecule has 25 heavy (non-hydrogen) atoms. The number of ether oxygens (including phenoxy) is 1. The van der Waals surface area contributed by atoms with Gasteiger partial charge in [-0.1, -0.05) is 48.5 Å². The summed E-state index contributed by atoms with van der Waals surface area (Å²) in [5.74, 6) is 0.651. The number of carbonyl (C=O) groups is 2. The molecule has 3 amide bonds. The van der Waals surface area contributed by atoms with E-state index < -0.39 is 12.1 Å². The van der Waals surface area contributed by atoms with Gasteiger partial charge in [0.15, 0.2) is 0 Å². The lowest BCUT2D eigenvalue weighted by molar-refractivity contribution is -0.122. The predicted molar refractivity (Wildman–Crippen MR) is 94.0 cm³/mol. The van der Waals surface area contributed by atoms with Crippen molar-refractivity contribution in [1.82, 2.24) is 10.6 Å². The van der Waals surface area contributed by atoms with E-state index in [0.29, 0.717) is 13.0 Å². The first kappa shape index (κ1) is 16.8. The first-order valence-corrected chi connectivity index (χ1v) is 8.25. The number of para-hydroxylation sites is 1. The van der Waals surface area contributed by atoms with Gasteiger partial charge >= 0.3 is 6.03 Å². The molecule has 0 saturated heterocycles. The average Bonchev–Trinajstić information content (AvgIpc) is 2.62. The van der Waals surface area contributed by atoms with Gasteiger partial charge in [-0.3, -0.25) is 4.79 Å². The number of urea groups is 1. The van der Waals surface area contributed by atoms with Gasteiger partial charge in [-0.05, 0) is 11.6 Å². The van der Waals surface area contributed by atoms with Crippen molar-refractivity contribution in [2.24, 2.45) is 5.73 Å². The van der Waals surface area contributed by atoms with Gasteiger partial charge in [-0.15, -0.1) is 0 Å². The zero-order valence-corrected chi connectivity index (χ0v) is 13.8. The van der Waals surface area contributed by atoms with Crippen LogP contribution >= 0.6 is 0 Å². The molecule has 1 aliphatic rings. The molecule has 6 nitrogen and oxygen atoms in total. The second-order valence-corrected chi connectivity index (χ2v) is 5.97. The van der Waals surface area contributed by atoms with E-state index in [-0.39, 0.29) is 18.4 Å². The first-order chi connectivity index (χ1) is 12.1. The Morgan fingerprint density at radius 3 is 2.60 bits per heavy atom. The van der Waals surface area contributed by atoms with Crippen molar-refractivity contribution in [2.45, 2.75) is 24.9 Å². The number of nitrogens with one attached hydrogen (secondary N) is 2. The Morgan fingerprint density at radius 1 is 1.12 bits per heavy atom. The van der Waals surface area contributed by atoms with Gasteiger partial charge in [0.05, 0.1) is 25.1 Å². The topological polar surface area (TPSA) is 93.5 Å². The maximum Gasteiger partial charge on any atom is 0.312 e. The zero-order chi connectivity index (χ0) is 17.6. The largest absolute Gasteiger partial charge is 0.493 e. The molecule has 2 atom stereocenters. The summed E-state index contributed by atoms with van der Waals surface area (Å²) in [4.78, 5) is 23.8. The Balaban J connectivity index is 1.69. The van der Waals surface area contributed by atoms with E-state index in [2.05, 4.69) is 10.6 Å². The fraction of sp³-hybridized carbons (Fsp3) is 0.263. The average molecular weight is 339 g/mol. The van der Waals surface area contributed by atoms with E-state index in [1.807, 2.05) is 54.6 Å². The van der Waals surface area contributed by atoms with E-state index in [0.717, 1.165) is 16.9 Å². The van der Waals surface area contributed by atoms with Crippen LogP contribution in [-0.4, -0.2) is 18.5 Å². The van der Waals surface area contributed by atoms with Crippen LogP contribution in [0.2, 0.25) is 0 Å². The van der Waals surface area contributed by atoms with Crippen LogP contribution in [-0.2, 0) is 4.79 Å². The maximum atomic E-state index is 12.5. The monoisotopic (exact) mass is 339 g/mol. The Morgan fingerprint density at radius 2 is 1.84 bits per heavy atom. The third-order valence-electron chi connectivity index (χ3n) is 4.20. The lowest BCUT2D eigenvalue weighted by Gasteiger charge is -2.27. The van der Waals surface area contributed by atoms with Gasteiger partial charge in [0.25, 0.3) is 0 Å². The van der Waals surface area contributed by atoms with Gasteiger partial charge in [0.1, 0.15) is 5.75 Å². The lowest BCUT2D eigenvalue weighted by atomic mass is 9.99. The highest BCUT2D eigenvalue weighted by Crippen LogP contribution is 2.31. The van der Waals surface area contributed by atoms with Crippen molar-refractivity contribution >= 4 is 11.9 Å². The van der Waals surface area contributed by atoms with Crippen LogP contribution in [0.3, 0.4) is 0 Å². The number of carbonyl (C=O) groups excluding carboxylic acids is 2. The van der Waals surface area contributed by atoms with Gasteiger partial charge < -0.3 is 21.1 Å². The van der Waals surface area contributed by atoms with E-state index in [1.54, 1.807) is 0 Å². The van der Waals surface area contributed by atoms with Crippen molar-refractivity contribution in [3.05, 3.63) is 65.7 Å². The number of hydrogen-bond donors (Lipinski definition) is 3. The van der Waals surface area contributed by atoms with E-state index >= 15 is 0 Å². The molecule has 1 heterocycles. The Bertz CT molecular complexity index is 749. The fourth-order valence-corrected chi connectivity index (χ4v) is 3.04. The minimum atomic E-state index is -0.655. The van der Waals surface area contributed by atoms with Crippen molar-refractivity contribution in [3.8, 4) is 5.75 Å². The summed E-state index contributed by atoms with van der Waals surface area (Å²) in [5.41, 5.74) is 7.07. The van der Waals surface area contributed by atoms with Crippen LogP contribution in [0.5, 0.6) is 5.75 Å². The molecule has 6 heteroatoms. The summed E-state index contributed by atoms with van der Waals surface area (Å²) in [7, 11) is 0. The summed E-state index contributed by atoms with van der Waals surface area (Å²) >= 11 is 0. The van der Waals surface area contributed by atoms with Gasteiger partial charge in [-0.25, -0.2) is 4.79 Å². The molecule has 130 valence electrons. The number of amides is 3. The number of hydrogen-bond acceptors (Lipinski definition) is 3. The molecule has 0 fully saturated rings. The third-order valence-corrected chi connectivity index (χ3v) is 4.20. The third kappa shape index (κ3) is 4.29. The normalized spacial score (nSPS) is 16.9. The number of benzene rings is 2. The number of rotatable bonds is 5. The first-order valence-electron chi connectivity index (χ1n) is 8.25. The summed E-state index contributed by atoms with van der Waals surface area (Å²) < 4.78 is 5.61. The van der Waals surface area contributed by atoms with Gasteiger partial charge in [-0.2, -0.15) is 0 Å². The molecule has 2 unspecified atom stereocenters. The van der Waals surface area contributed by atoms with E-state index in [1.165, 1.54) is 0 Å².